The molecule has 0 unspecified atom stereocenters. The summed E-state index contributed by atoms with van der Waals surface area (Å²) in [4.78, 5) is 2.11. The quantitative estimate of drug-likeness (QED) is 0.246. The van der Waals surface area contributed by atoms with Gasteiger partial charge in [0.1, 0.15) is 0 Å². The molecular formula is C14H30INO3. The van der Waals surface area contributed by atoms with Gasteiger partial charge < -0.3 is 19.1 Å². The predicted octanol–water partition coefficient (Wildman–Crippen LogP) is 2.59. The van der Waals surface area contributed by atoms with Gasteiger partial charge in [0.2, 0.25) is 0 Å². The zero-order chi connectivity index (χ0) is 14.2. The van der Waals surface area contributed by atoms with Crippen LogP contribution in [0.5, 0.6) is 0 Å². The largest absolute Gasteiger partial charge is 0.379 e. The molecule has 0 N–H and O–H groups in total. The van der Waals surface area contributed by atoms with Crippen molar-refractivity contribution in [2.75, 3.05) is 64.7 Å². The van der Waals surface area contributed by atoms with Gasteiger partial charge in [0.05, 0.1) is 33.0 Å². The fourth-order valence-corrected chi connectivity index (χ4v) is 1.98. The first-order valence-electron chi connectivity index (χ1n) is 7.21. The summed E-state index contributed by atoms with van der Waals surface area (Å²) >= 11 is 2.43. The first-order chi connectivity index (χ1) is 9.27. The number of nitrogens with zero attached hydrogens (tertiary/aromatic N) is 1. The summed E-state index contributed by atoms with van der Waals surface area (Å²) in [6.45, 7) is 5.29. The molecular weight excluding hydrogens is 357 g/mol. The van der Waals surface area contributed by atoms with E-state index in [4.69, 9.17) is 14.2 Å². The van der Waals surface area contributed by atoms with E-state index in [2.05, 4.69) is 27.5 Å². The second kappa shape index (κ2) is 16.6. The van der Waals surface area contributed by atoms with Gasteiger partial charge in [-0.1, -0.05) is 35.4 Å². The Morgan fingerprint density at radius 1 is 0.684 bits per heavy atom. The van der Waals surface area contributed by atoms with Gasteiger partial charge in [-0.3, -0.25) is 0 Å². The van der Waals surface area contributed by atoms with Crippen molar-refractivity contribution in [2.45, 2.75) is 25.7 Å². The van der Waals surface area contributed by atoms with E-state index in [9.17, 15) is 0 Å². The molecule has 0 aromatic rings. The summed E-state index contributed by atoms with van der Waals surface area (Å²) in [6.07, 6.45) is 5.11. The average molecular weight is 387 g/mol. The highest BCUT2D eigenvalue weighted by atomic mass is 127. The molecule has 0 aliphatic rings. The number of likely N-dealkylation sites (N-methyl/N-ethyl adjacent to an activating group) is 1. The molecule has 0 amide bonds. The molecule has 0 radical (unpaired) electrons. The molecule has 0 fully saturated rings. The number of hydrogen-bond donors (Lipinski definition) is 0. The van der Waals surface area contributed by atoms with Crippen LogP contribution in [-0.4, -0.2) is 69.6 Å². The van der Waals surface area contributed by atoms with Crippen molar-refractivity contribution in [3.8, 4) is 0 Å². The molecule has 0 spiro atoms. The molecule has 0 saturated carbocycles. The van der Waals surface area contributed by atoms with Crippen molar-refractivity contribution in [3.05, 3.63) is 0 Å². The Morgan fingerprint density at radius 3 is 1.79 bits per heavy atom. The van der Waals surface area contributed by atoms with Crippen LogP contribution in [0.3, 0.4) is 0 Å². The Kier molecular flexibility index (Phi) is 17.1. The summed E-state index contributed by atoms with van der Waals surface area (Å²) < 4.78 is 17.6. The maximum Gasteiger partial charge on any atom is 0.0701 e. The highest BCUT2D eigenvalue weighted by Crippen LogP contribution is 2.02. The third-order valence-electron chi connectivity index (χ3n) is 2.60. The van der Waals surface area contributed by atoms with Crippen molar-refractivity contribution in [1.82, 2.24) is 4.90 Å². The van der Waals surface area contributed by atoms with Crippen molar-refractivity contribution in [3.63, 3.8) is 0 Å². The molecule has 0 bridgehead atoms. The maximum atomic E-state index is 5.50. The average Bonchev–Trinajstić information content (AvgIpc) is 2.39. The lowest BCUT2D eigenvalue weighted by molar-refractivity contribution is 0.0118. The van der Waals surface area contributed by atoms with Crippen molar-refractivity contribution < 1.29 is 14.2 Å². The van der Waals surface area contributed by atoms with Crippen LogP contribution in [0.25, 0.3) is 0 Å². The van der Waals surface area contributed by atoms with Gasteiger partial charge in [-0.15, -0.1) is 0 Å². The van der Waals surface area contributed by atoms with Crippen LogP contribution in [0.15, 0.2) is 0 Å². The minimum Gasteiger partial charge on any atom is -0.379 e. The number of hydrogen-bond acceptors (Lipinski definition) is 4. The van der Waals surface area contributed by atoms with Crippen LogP contribution in [0.4, 0.5) is 0 Å². The zero-order valence-electron chi connectivity index (χ0n) is 12.5. The Balaban J connectivity index is 2.91. The summed E-state index contributed by atoms with van der Waals surface area (Å²) in [5, 5.41) is 0. The molecule has 0 aliphatic heterocycles. The predicted molar refractivity (Wildman–Crippen MR) is 88.4 cm³/mol. The van der Waals surface area contributed by atoms with E-state index >= 15 is 0 Å². The number of unbranched alkanes of at least 4 members (excludes halogenated alkanes) is 3. The van der Waals surface area contributed by atoms with Crippen LogP contribution in [0.1, 0.15) is 25.7 Å². The van der Waals surface area contributed by atoms with E-state index in [1.54, 1.807) is 0 Å². The molecule has 0 atom stereocenters. The first-order valence-corrected chi connectivity index (χ1v) is 8.74. The van der Waals surface area contributed by atoms with E-state index < -0.39 is 0 Å². The monoisotopic (exact) mass is 387 g/mol. The minimum absolute atomic E-state index is 0.659. The maximum absolute atomic E-state index is 5.50. The summed E-state index contributed by atoms with van der Waals surface area (Å²) in [5.41, 5.74) is 0. The van der Waals surface area contributed by atoms with E-state index in [0.29, 0.717) is 26.4 Å². The SMILES string of the molecule is CN(C)CCOCCOCCOCCCCCCI. The van der Waals surface area contributed by atoms with Gasteiger partial charge in [-0.25, -0.2) is 0 Å². The third kappa shape index (κ3) is 18.6. The van der Waals surface area contributed by atoms with Gasteiger partial charge >= 0.3 is 0 Å². The Hall–Kier alpha value is 0.570. The second-order valence-electron chi connectivity index (χ2n) is 4.74. The molecule has 5 heteroatoms. The standard InChI is InChI=1S/C14H30INO3/c1-16(2)8-10-18-12-14-19-13-11-17-9-6-4-3-5-7-15/h3-14H2,1-2H3. The molecule has 0 aliphatic carbocycles. The minimum atomic E-state index is 0.659. The fourth-order valence-electron chi connectivity index (χ4n) is 1.44. The van der Waals surface area contributed by atoms with Crippen molar-refractivity contribution >= 4 is 22.6 Å². The van der Waals surface area contributed by atoms with E-state index in [0.717, 1.165) is 19.8 Å². The molecule has 116 valence electrons. The van der Waals surface area contributed by atoms with Gasteiger partial charge in [-0.05, 0) is 31.4 Å². The van der Waals surface area contributed by atoms with Gasteiger partial charge in [0.15, 0.2) is 0 Å². The Morgan fingerprint density at radius 2 is 1.21 bits per heavy atom. The van der Waals surface area contributed by atoms with Crippen LogP contribution < -0.4 is 0 Å². The van der Waals surface area contributed by atoms with Crippen LogP contribution in [0, 0.1) is 0 Å². The number of rotatable bonds is 15. The number of ether oxygens (including phenoxy) is 3. The van der Waals surface area contributed by atoms with E-state index in [-0.39, 0.29) is 0 Å². The van der Waals surface area contributed by atoms with Crippen molar-refractivity contribution in [2.24, 2.45) is 0 Å². The lowest BCUT2D eigenvalue weighted by atomic mass is 10.2. The third-order valence-corrected chi connectivity index (χ3v) is 3.36. The van der Waals surface area contributed by atoms with Gasteiger partial charge in [0, 0.05) is 13.2 Å². The smallest absolute Gasteiger partial charge is 0.0701 e. The lowest BCUT2D eigenvalue weighted by Crippen LogP contribution is -2.19. The highest BCUT2D eigenvalue weighted by molar-refractivity contribution is 14.1. The zero-order valence-corrected chi connectivity index (χ0v) is 14.7. The highest BCUT2D eigenvalue weighted by Gasteiger charge is 1.93. The second-order valence-corrected chi connectivity index (χ2v) is 5.82. The Bertz CT molecular complexity index is 171. The molecule has 4 nitrogen and oxygen atoms in total. The molecule has 0 rings (SSSR count). The number of halogens is 1. The normalized spacial score (nSPS) is 11.4. The number of alkyl halides is 1. The van der Waals surface area contributed by atoms with Gasteiger partial charge in [0.25, 0.3) is 0 Å². The van der Waals surface area contributed by atoms with E-state index in [1.165, 1.54) is 30.1 Å². The molecule has 0 aromatic carbocycles. The molecule has 0 heterocycles. The first kappa shape index (κ1) is 19.6. The van der Waals surface area contributed by atoms with Crippen LogP contribution in [0.2, 0.25) is 0 Å². The Labute approximate surface area is 132 Å². The van der Waals surface area contributed by atoms with Crippen molar-refractivity contribution in [1.29, 1.82) is 0 Å². The van der Waals surface area contributed by atoms with Crippen LogP contribution >= 0.6 is 22.6 Å². The fraction of sp³-hybridized carbons (Fsp3) is 1.00. The molecule has 19 heavy (non-hydrogen) atoms. The summed E-state index contributed by atoms with van der Waals surface area (Å²) in [7, 11) is 4.08. The molecule has 0 aromatic heterocycles. The lowest BCUT2D eigenvalue weighted by Gasteiger charge is -2.10. The topological polar surface area (TPSA) is 30.9 Å². The molecule has 0 saturated heterocycles. The van der Waals surface area contributed by atoms with Gasteiger partial charge in [-0.2, -0.15) is 0 Å². The summed E-state index contributed by atoms with van der Waals surface area (Å²) in [6, 6.07) is 0. The van der Waals surface area contributed by atoms with E-state index in [1.807, 2.05) is 14.1 Å². The summed E-state index contributed by atoms with van der Waals surface area (Å²) in [5.74, 6) is 0. The van der Waals surface area contributed by atoms with Crippen LogP contribution in [-0.2, 0) is 14.2 Å².